The lowest BCUT2D eigenvalue weighted by molar-refractivity contribution is -0.141. The van der Waals surface area contributed by atoms with Gasteiger partial charge in [0.2, 0.25) is 0 Å². The van der Waals surface area contributed by atoms with Crippen molar-refractivity contribution < 1.29 is 14.7 Å². The number of carbonyl (C=O) groups excluding carboxylic acids is 1. The fourth-order valence-electron chi connectivity index (χ4n) is 2.59. The van der Waals surface area contributed by atoms with Crippen molar-refractivity contribution in [1.29, 1.82) is 0 Å². The molecule has 1 aromatic carbocycles. The van der Waals surface area contributed by atoms with Crippen molar-refractivity contribution in [2.45, 2.75) is 6.42 Å². The number of aliphatic carboxylic acids is 1. The second kappa shape index (κ2) is 5.26. The molecule has 6 heteroatoms. The third-order valence-corrected chi connectivity index (χ3v) is 3.84. The molecule has 108 valence electrons. The molecule has 1 aliphatic rings. The highest BCUT2D eigenvalue weighted by molar-refractivity contribution is 6.31. The molecule has 5 nitrogen and oxygen atoms in total. The molecule has 0 aliphatic carbocycles. The summed E-state index contributed by atoms with van der Waals surface area (Å²) >= 11 is 5.83. The van der Waals surface area contributed by atoms with Crippen LogP contribution in [0.15, 0.2) is 36.5 Å². The van der Waals surface area contributed by atoms with Crippen LogP contribution in [0.3, 0.4) is 0 Å². The van der Waals surface area contributed by atoms with Crippen LogP contribution in [0.2, 0.25) is 5.02 Å². The van der Waals surface area contributed by atoms with Crippen molar-refractivity contribution >= 4 is 29.2 Å². The minimum atomic E-state index is -0.896. The number of H-pyrrole nitrogens is 1. The Morgan fingerprint density at radius 3 is 2.76 bits per heavy atom. The highest BCUT2D eigenvalue weighted by atomic mass is 35.5. The lowest BCUT2D eigenvalue weighted by Crippen LogP contribution is -2.42. The Morgan fingerprint density at radius 1 is 1.33 bits per heavy atom. The van der Waals surface area contributed by atoms with Crippen LogP contribution in [-0.4, -0.2) is 28.5 Å². The number of hydrogen-bond acceptors (Lipinski definition) is 2. The van der Waals surface area contributed by atoms with Crippen LogP contribution in [0.25, 0.3) is 0 Å². The summed E-state index contributed by atoms with van der Waals surface area (Å²) in [5.74, 6) is -1.78. The molecular weight excluding hydrogens is 292 g/mol. The fraction of sp³-hybridized carbons (Fsp3) is 0.200. The Kier molecular flexibility index (Phi) is 3.43. The summed E-state index contributed by atoms with van der Waals surface area (Å²) in [4.78, 5) is 28.2. The van der Waals surface area contributed by atoms with Crippen LogP contribution >= 0.6 is 11.6 Å². The van der Waals surface area contributed by atoms with Gasteiger partial charge in [0.25, 0.3) is 5.91 Å². The van der Waals surface area contributed by atoms with Crippen LogP contribution in [0.4, 0.5) is 5.69 Å². The largest absolute Gasteiger partial charge is 0.481 e. The summed E-state index contributed by atoms with van der Waals surface area (Å²) in [5, 5.41) is 9.71. The van der Waals surface area contributed by atoms with Gasteiger partial charge in [-0.3, -0.25) is 9.59 Å². The fourth-order valence-corrected chi connectivity index (χ4v) is 2.75. The molecular formula is C15H13ClN2O3. The lowest BCUT2D eigenvalue weighted by atomic mass is 9.92. The first-order chi connectivity index (χ1) is 10.1. The minimum Gasteiger partial charge on any atom is -0.481 e. The number of benzene rings is 1. The average molecular weight is 305 g/mol. The van der Waals surface area contributed by atoms with E-state index >= 15 is 0 Å². The van der Waals surface area contributed by atoms with Crippen molar-refractivity contribution in [1.82, 2.24) is 4.98 Å². The molecule has 0 saturated heterocycles. The van der Waals surface area contributed by atoms with Crippen LogP contribution in [0.1, 0.15) is 16.1 Å². The highest BCUT2D eigenvalue weighted by Crippen LogP contribution is 2.31. The number of nitrogens with one attached hydrogen (secondary N) is 1. The SMILES string of the molecule is O=C(O)C1Cc2ccccc2N(C(=O)c2cc(Cl)c[nH]2)C1. The number of carboxylic acid groups (broad SMARTS) is 1. The number of para-hydroxylation sites is 1. The van der Waals surface area contributed by atoms with Crippen molar-refractivity contribution in [2.75, 3.05) is 11.4 Å². The molecule has 1 amide bonds. The van der Waals surface area contributed by atoms with Gasteiger partial charge in [-0.1, -0.05) is 29.8 Å². The Morgan fingerprint density at radius 2 is 2.10 bits per heavy atom. The first-order valence-electron chi connectivity index (χ1n) is 6.53. The van der Waals surface area contributed by atoms with E-state index in [1.807, 2.05) is 24.3 Å². The molecule has 2 N–H and O–H groups in total. The van der Waals surface area contributed by atoms with E-state index in [1.165, 1.54) is 17.2 Å². The van der Waals surface area contributed by atoms with Crippen molar-refractivity contribution in [3.8, 4) is 0 Å². The second-order valence-corrected chi connectivity index (χ2v) is 5.45. The zero-order chi connectivity index (χ0) is 15.0. The number of anilines is 1. The van der Waals surface area contributed by atoms with Gasteiger partial charge in [-0.15, -0.1) is 0 Å². The normalized spacial score (nSPS) is 17.4. The van der Waals surface area contributed by atoms with Gasteiger partial charge in [0, 0.05) is 18.4 Å². The zero-order valence-electron chi connectivity index (χ0n) is 11.0. The predicted octanol–water partition coefficient (Wildman–Crippen LogP) is 2.57. The number of rotatable bonds is 2. The van der Waals surface area contributed by atoms with Crippen LogP contribution in [-0.2, 0) is 11.2 Å². The molecule has 3 rings (SSSR count). The Bertz CT molecular complexity index is 710. The lowest BCUT2D eigenvalue weighted by Gasteiger charge is -2.32. The molecule has 2 heterocycles. The second-order valence-electron chi connectivity index (χ2n) is 5.02. The Balaban J connectivity index is 2.00. The van der Waals surface area contributed by atoms with E-state index in [9.17, 15) is 14.7 Å². The minimum absolute atomic E-state index is 0.155. The van der Waals surface area contributed by atoms with Gasteiger partial charge in [-0.05, 0) is 24.1 Å². The van der Waals surface area contributed by atoms with Crippen LogP contribution < -0.4 is 4.90 Å². The third-order valence-electron chi connectivity index (χ3n) is 3.62. The van der Waals surface area contributed by atoms with E-state index in [4.69, 9.17) is 11.6 Å². The van der Waals surface area contributed by atoms with Crippen LogP contribution in [0, 0.1) is 5.92 Å². The highest BCUT2D eigenvalue weighted by Gasteiger charge is 2.32. The van der Waals surface area contributed by atoms with Gasteiger partial charge in [0.05, 0.1) is 10.9 Å². The van der Waals surface area contributed by atoms with Crippen molar-refractivity contribution in [3.63, 3.8) is 0 Å². The van der Waals surface area contributed by atoms with E-state index in [0.717, 1.165) is 11.3 Å². The number of carboxylic acids is 1. The maximum Gasteiger partial charge on any atom is 0.308 e. The van der Waals surface area contributed by atoms with E-state index < -0.39 is 11.9 Å². The number of hydrogen-bond donors (Lipinski definition) is 2. The van der Waals surface area contributed by atoms with Gasteiger partial charge in [-0.25, -0.2) is 0 Å². The van der Waals surface area contributed by atoms with Gasteiger partial charge in [0.1, 0.15) is 5.69 Å². The zero-order valence-corrected chi connectivity index (χ0v) is 11.8. The smallest absolute Gasteiger partial charge is 0.308 e. The van der Waals surface area contributed by atoms with E-state index in [0.29, 0.717) is 17.1 Å². The topological polar surface area (TPSA) is 73.4 Å². The number of aromatic nitrogens is 1. The summed E-state index contributed by atoms with van der Waals surface area (Å²) in [7, 11) is 0. The first kappa shape index (κ1) is 13.7. The van der Waals surface area contributed by atoms with Crippen molar-refractivity contribution in [3.05, 3.63) is 52.8 Å². The molecule has 2 aromatic rings. The molecule has 0 spiro atoms. The third kappa shape index (κ3) is 2.52. The standard InChI is InChI=1S/C15H13ClN2O3/c16-11-6-12(17-7-11)14(19)18-8-10(15(20)21)5-9-3-1-2-4-13(9)18/h1-4,6-7,10,17H,5,8H2,(H,20,21). The molecule has 0 fully saturated rings. The molecule has 0 bridgehead atoms. The Hall–Kier alpha value is -2.27. The number of carbonyl (C=O) groups is 2. The summed E-state index contributed by atoms with van der Waals surface area (Å²) < 4.78 is 0. The monoisotopic (exact) mass is 304 g/mol. The quantitative estimate of drug-likeness (QED) is 0.895. The number of amides is 1. The maximum atomic E-state index is 12.6. The van der Waals surface area contributed by atoms with E-state index in [1.54, 1.807) is 0 Å². The van der Waals surface area contributed by atoms with Gasteiger partial charge >= 0.3 is 5.97 Å². The molecule has 1 aromatic heterocycles. The molecule has 0 saturated carbocycles. The van der Waals surface area contributed by atoms with E-state index in [2.05, 4.69) is 4.98 Å². The Labute approximate surface area is 126 Å². The van der Waals surface area contributed by atoms with Gasteiger partial charge < -0.3 is 15.0 Å². The molecule has 1 atom stereocenters. The maximum absolute atomic E-state index is 12.6. The number of fused-ring (bicyclic) bond motifs is 1. The summed E-state index contributed by atoms with van der Waals surface area (Å²) in [6.07, 6.45) is 1.96. The van der Waals surface area contributed by atoms with Crippen molar-refractivity contribution in [2.24, 2.45) is 5.92 Å². The first-order valence-corrected chi connectivity index (χ1v) is 6.90. The number of aromatic amines is 1. The summed E-state index contributed by atoms with van der Waals surface area (Å²) in [6, 6.07) is 8.90. The molecule has 0 radical (unpaired) electrons. The molecule has 1 aliphatic heterocycles. The van der Waals surface area contributed by atoms with Crippen LogP contribution in [0.5, 0.6) is 0 Å². The summed E-state index contributed by atoms with van der Waals surface area (Å²) in [6.45, 7) is 0.155. The number of halogens is 1. The molecule has 1 unspecified atom stereocenters. The average Bonchev–Trinajstić information content (AvgIpc) is 2.92. The van der Waals surface area contributed by atoms with Gasteiger partial charge in [-0.2, -0.15) is 0 Å². The molecule has 21 heavy (non-hydrogen) atoms. The summed E-state index contributed by atoms with van der Waals surface area (Å²) in [5.41, 5.74) is 1.97. The van der Waals surface area contributed by atoms with Gasteiger partial charge in [0.15, 0.2) is 0 Å². The van der Waals surface area contributed by atoms with E-state index in [-0.39, 0.29) is 12.5 Å². The number of nitrogens with zero attached hydrogens (tertiary/aromatic N) is 1. The predicted molar refractivity (Wildman–Crippen MR) is 78.8 cm³/mol.